The van der Waals surface area contributed by atoms with E-state index in [0.717, 1.165) is 15.6 Å². The van der Waals surface area contributed by atoms with Crippen molar-refractivity contribution in [3.63, 3.8) is 0 Å². The number of hydrogen-bond donors (Lipinski definition) is 3. The van der Waals surface area contributed by atoms with Crippen LogP contribution in [-0.2, 0) is 27.2 Å². The lowest BCUT2D eigenvalue weighted by molar-refractivity contribution is -0.130. The number of aliphatic hydroxyl groups is 1. The molecule has 3 aromatic rings. The molecule has 1 aliphatic rings. The Morgan fingerprint density at radius 3 is 2.58 bits per heavy atom. The number of aliphatic imine (C=N–C) groups is 1. The van der Waals surface area contributed by atoms with Crippen LogP contribution in [0.5, 0.6) is 5.75 Å². The second-order valence-electron chi connectivity index (χ2n) is 10.8. The number of amides is 1. The number of aliphatic hydroxyl groups excluding tert-OH is 1. The summed E-state index contributed by atoms with van der Waals surface area (Å²) in [7, 11) is 0. The molecular formula is C33H39BrN6O5. The van der Waals surface area contributed by atoms with E-state index in [2.05, 4.69) is 36.8 Å². The second kappa shape index (κ2) is 17.0. The van der Waals surface area contributed by atoms with Crippen molar-refractivity contribution in [2.75, 3.05) is 26.4 Å². The quantitative estimate of drug-likeness (QED) is 0.0527. The number of ether oxygens (including phenoxy) is 3. The highest BCUT2D eigenvalue weighted by molar-refractivity contribution is 9.10. The summed E-state index contributed by atoms with van der Waals surface area (Å²) in [5, 5.41) is 12.9. The van der Waals surface area contributed by atoms with Gasteiger partial charge in [0.1, 0.15) is 5.75 Å². The van der Waals surface area contributed by atoms with Gasteiger partial charge in [-0.1, -0.05) is 57.4 Å². The lowest BCUT2D eigenvalue weighted by Gasteiger charge is -2.32. The molecule has 0 aliphatic carbocycles. The number of hydrogen-bond acceptors (Lipinski definition) is 8. The van der Waals surface area contributed by atoms with Crippen LogP contribution >= 0.6 is 15.9 Å². The number of benzene rings is 3. The van der Waals surface area contributed by atoms with Gasteiger partial charge >= 0.3 is 0 Å². The molecule has 0 fully saturated rings. The van der Waals surface area contributed by atoms with Crippen LogP contribution in [0, 0.1) is 0 Å². The summed E-state index contributed by atoms with van der Waals surface area (Å²) in [6, 6.07) is 22.5. The molecule has 0 saturated carbocycles. The highest BCUT2D eigenvalue weighted by atomic mass is 79.9. The average Bonchev–Trinajstić information content (AvgIpc) is 3.43. The Bertz CT molecular complexity index is 1480. The molecule has 1 amide bonds. The fourth-order valence-corrected chi connectivity index (χ4v) is 5.21. The van der Waals surface area contributed by atoms with Gasteiger partial charge in [-0.05, 0) is 78.9 Å². The highest BCUT2D eigenvalue weighted by Gasteiger charge is 2.53. The molecule has 1 heterocycles. The van der Waals surface area contributed by atoms with Crippen LogP contribution < -0.4 is 15.6 Å². The number of hydrazine groups is 1. The van der Waals surface area contributed by atoms with E-state index in [9.17, 15) is 4.79 Å². The van der Waals surface area contributed by atoms with Gasteiger partial charge in [-0.2, -0.15) is 0 Å². The molecule has 1 aliphatic heterocycles. The molecule has 11 nitrogen and oxygen atoms in total. The smallest absolute Gasteiger partial charge is 0.266 e. The number of nitrogens with zero attached hydrogens (tertiary/aromatic N) is 4. The number of halogens is 1. The maximum Gasteiger partial charge on any atom is 0.266 e. The Labute approximate surface area is 271 Å². The summed E-state index contributed by atoms with van der Waals surface area (Å²) in [4.78, 5) is 22.3. The topological polar surface area (TPSA) is 150 Å². The first-order valence-electron chi connectivity index (χ1n) is 14.9. The van der Waals surface area contributed by atoms with Crippen molar-refractivity contribution >= 4 is 27.7 Å². The number of nitrogens with one attached hydrogen (secondary N) is 2. The van der Waals surface area contributed by atoms with E-state index in [1.165, 1.54) is 0 Å². The molecule has 0 saturated heterocycles. The molecular weight excluding hydrogens is 640 g/mol. The van der Waals surface area contributed by atoms with Crippen LogP contribution in [0.15, 0.2) is 87.4 Å². The molecule has 2 atom stereocenters. The SMILES string of the molecule is CC(C)OCCCNNC(=O)[C@@]1(Cc2ccc(Br)cc2)N=C(c2ccc(OCCCO)cc2)O[C@H]1c1ccccc1CN=[N+]=[N-]. The Balaban J connectivity index is 1.74. The summed E-state index contributed by atoms with van der Waals surface area (Å²) >= 11 is 3.50. The van der Waals surface area contributed by atoms with E-state index >= 15 is 0 Å². The van der Waals surface area contributed by atoms with E-state index in [0.29, 0.717) is 55.4 Å². The van der Waals surface area contributed by atoms with Gasteiger partial charge in [0.2, 0.25) is 5.90 Å². The van der Waals surface area contributed by atoms with Crippen LogP contribution in [0.1, 0.15) is 55.0 Å². The molecule has 0 unspecified atom stereocenters. The first-order chi connectivity index (χ1) is 21.9. The zero-order chi connectivity index (χ0) is 32.1. The van der Waals surface area contributed by atoms with Crippen molar-refractivity contribution in [1.29, 1.82) is 0 Å². The fraction of sp³-hybridized carbons (Fsp3) is 0.394. The van der Waals surface area contributed by atoms with Crippen molar-refractivity contribution in [3.8, 4) is 5.75 Å². The average molecular weight is 680 g/mol. The molecule has 3 N–H and O–H groups in total. The molecule has 0 aromatic heterocycles. The first-order valence-corrected chi connectivity index (χ1v) is 15.7. The third-order valence-corrected chi connectivity index (χ3v) is 7.69. The van der Waals surface area contributed by atoms with Crippen molar-refractivity contribution in [2.24, 2.45) is 10.1 Å². The van der Waals surface area contributed by atoms with Crippen LogP contribution in [-0.4, -0.2) is 54.9 Å². The van der Waals surface area contributed by atoms with Gasteiger partial charge in [-0.3, -0.25) is 10.2 Å². The molecule has 3 aromatic carbocycles. The van der Waals surface area contributed by atoms with Crippen LogP contribution in [0.25, 0.3) is 10.4 Å². The van der Waals surface area contributed by atoms with E-state index in [1.807, 2.05) is 74.5 Å². The standard InChI is InChI=1S/C33H39BrN6O5/c1-23(2)43-19-5-17-36-39-32(42)33(21-24-9-13-27(34)14-10-24)30(29-8-4-3-7-26(29)22-37-40-35)45-31(38-33)25-11-15-28(16-12-25)44-20-6-18-41/h3-4,7-16,23,30,36,41H,5-6,17-22H2,1-2H3,(H,39,42)/t30-,33-/m0/s1. The third kappa shape index (κ3) is 9.29. The predicted molar refractivity (Wildman–Crippen MR) is 176 cm³/mol. The number of rotatable bonds is 17. The predicted octanol–water partition coefficient (Wildman–Crippen LogP) is 5.96. The van der Waals surface area contributed by atoms with Crippen LogP contribution in [0.4, 0.5) is 0 Å². The minimum atomic E-state index is -1.42. The largest absolute Gasteiger partial charge is 0.494 e. The van der Waals surface area contributed by atoms with Crippen LogP contribution in [0.3, 0.4) is 0 Å². The summed E-state index contributed by atoms with van der Waals surface area (Å²) in [5.74, 6) is 0.586. The van der Waals surface area contributed by atoms with E-state index in [4.69, 9.17) is 29.8 Å². The molecule has 0 radical (unpaired) electrons. The Morgan fingerprint density at radius 1 is 1.11 bits per heavy atom. The minimum absolute atomic E-state index is 0.0500. The molecule has 0 bridgehead atoms. The maximum atomic E-state index is 14.3. The zero-order valence-electron chi connectivity index (χ0n) is 25.5. The van der Waals surface area contributed by atoms with Crippen molar-refractivity contribution in [2.45, 2.75) is 57.4 Å². The van der Waals surface area contributed by atoms with E-state index < -0.39 is 11.6 Å². The minimum Gasteiger partial charge on any atom is -0.494 e. The Hall–Kier alpha value is -3.93. The summed E-state index contributed by atoms with van der Waals surface area (Å²) in [6.45, 7) is 5.55. The number of carbonyl (C=O) groups is 1. The lowest BCUT2D eigenvalue weighted by atomic mass is 9.81. The van der Waals surface area contributed by atoms with Crippen LogP contribution in [0.2, 0.25) is 0 Å². The molecule has 4 rings (SSSR count). The summed E-state index contributed by atoms with van der Waals surface area (Å²) in [5.41, 5.74) is 16.6. The molecule has 12 heteroatoms. The van der Waals surface area contributed by atoms with Gasteiger partial charge in [0.05, 0.1) is 19.3 Å². The Kier molecular flexibility index (Phi) is 12.8. The van der Waals surface area contributed by atoms with Gasteiger partial charge in [0.15, 0.2) is 11.6 Å². The van der Waals surface area contributed by atoms with Gasteiger partial charge in [-0.15, -0.1) is 0 Å². The summed E-state index contributed by atoms with van der Waals surface area (Å²) in [6.07, 6.45) is 0.753. The first kappa shape index (κ1) is 34.0. The number of azide groups is 1. The molecule has 45 heavy (non-hydrogen) atoms. The third-order valence-electron chi connectivity index (χ3n) is 7.16. The monoisotopic (exact) mass is 678 g/mol. The van der Waals surface area contributed by atoms with Gasteiger partial charge in [-0.25, -0.2) is 10.4 Å². The van der Waals surface area contributed by atoms with Gasteiger partial charge in [0.25, 0.3) is 5.91 Å². The van der Waals surface area contributed by atoms with Crippen molar-refractivity contribution < 1.29 is 24.1 Å². The van der Waals surface area contributed by atoms with Gasteiger partial charge < -0.3 is 19.3 Å². The normalized spacial score (nSPS) is 17.4. The van der Waals surface area contributed by atoms with Crippen molar-refractivity contribution in [3.05, 3.63) is 110 Å². The van der Waals surface area contributed by atoms with Gasteiger partial charge in [0, 0.05) is 47.5 Å². The maximum absolute atomic E-state index is 14.3. The fourth-order valence-electron chi connectivity index (χ4n) is 4.95. The van der Waals surface area contributed by atoms with E-state index in [1.54, 1.807) is 12.1 Å². The molecule has 0 spiro atoms. The highest BCUT2D eigenvalue weighted by Crippen LogP contribution is 2.43. The second-order valence-corrected chi connectivity index (χ2v) is 11.7. The van der Waals surface area contributed by atoms with E-state index in [-0.39, 0.29) is 31.6 Å². The molecule has 238 valence electrons. The van der Waals surface area contributed by atoms with Crippen molar-refractivity contribution in [1.82, 2.24) is 10.9 Å². The summed E-state index contributed by atoms with van der Waals surface area (Å²) < 4.78 is 18.9. The Morgan fingerprint density at radius 2 is 1.87 bits per heavy atom. The number of carbonyl (C=O) groups excluding carboxylic acids is 1. The zero-order valence-corrected chi connectivity index (χ0v) is 27.1. The lowest BCUT2D eigenvalue weighted by Crippen LogP contribution is -2.54.